The highest BCUT2D eigenvalue weighted by atomic mass is 32.2. The molecule has 0 spiro atoms. The molecular formula is C24H32N4O3S2. The van der Waals surface area contributed by atoms with Gasteiger partial charge in [0.1, 0.15) is 5.82 Å². The smallest absolute Gasteiger partial charge is 0.243 e. The summed E-state index contributed by atoms with van der Waals surface area (Å²) in [5.41, 5.74) is 2.30. The predicted octanol–water partition coefficient (Wildman–Crippen LogP) is 4.77. The first-order valence-corrected chi connectivity index (χ1v) is 13.9. The molecule has 178 valence electrons. The van der Waals surface area contributed by atoms with Gasteiger partial charge in [0.25, 0.3) is 0 Å². The molecule has 33 heavy (non-hydrogen) atoms. The quantitative estimate of drug-likeness (QED) is 0.393. The van der Waals surface area contributed by atoms with E-state index < -0.39 is 10.0 Å². The molecule has 1 amide bonds. The number of carbonyl (C=O) groups excluding carboxylic acids is 1. The largest absolute Gasteiger partial charge is 0.328 e. The van der Waals surface area contributed by atoms with Crippen LogP contribution in [-0.4, -0.2) is 47.5 Å². The predicted molar refractivity (Wildman–Crippen MR) is 135 cm³/mol. The molecule has 9 heteroatoms. The Morgan fingerprint density at radius 1 is 1.09 bits per heavy atom. The summed E-state index contributed by atoms with van der Waals surface area (Å²) in [6.07, 6.45) is 3.69. The molecule has 0 saturated carbocycles. The van der Waals surface area contributed by atoms with E-state index in [-0.39, 0.29) is 10.8 Å². The van der Waals surface area contributed by atoms with Crippen molar-refractivity contribution in [3.63, 3.8) is 0 Å². The first kappa shape index (κ1) is 25.3. The third-order valence-electron chi connectivity index (χ3n) is 5.54. The third-order valence-corrected chi connectivity index (χ3v) is 8.33. The number of amides is 1. The highest BCUT2D eigenvalue weighted by molar-refractivity contribution is 7.98. The summed E-state index contributed by atoms with van der Waals surface area (Å²) >= 11 is 1.65. The number of aryl methyl sites for hydroxylation is 2. The molecule has 7 nitrogen and oxygen atoms in total. The van der Waals surface area contributed by atoms with Gasteiger partial charge in [-0.2, -0.15) is 4.31 Å². The van der Waals surface area contributed by atoms with Crippen molar-refractivity contribution in [3.8, 4) is 0 Å². The van der Waals surface area contributed by atoms with Crippen LogP contribution in [0, 0.1) is 0 Å². The summed E-state index contributed by atoms with van der Waals surface area (Å²) < 4.78 is 29.4. The zero-order valence-electron chi connectivity index (χ0n) is 19.7. The van der Waals surface area contributed by atoms with E-state index in [2.05, 4.69) is 16.8 Å². The Morgan fingerprint density at radius 3 is 2.39 bits per heavy atom. The molecule has 2 aromatic carbocycles. The maximum Gasteiger partial charge on any atom is 0.243 e. The Kier molecular flexibility index (Phi) is 8.56. The number of benzene rings is 2. The molecule has 0 aliphatic rings. The number of hydrogen-bond donors (Lipinski definition) is 1. The van der Waals surface area contributed by atoms with Crippen LogP contribution in [0.25, 0.3) is 11.0 Å². The Morgan fingerprint density at radius 2 is 1.79 bits per heavy atom. The molecular weight excluding hydrogens is 456 g/mol. The van der Waals surface area contributed by atoms with Gasteiger partial charge in [-0.05, 0) is 55.1 Å². The number of thioether (sulfide) groups is 1. The van der Waals surface area contributed by atoms with Gasteiger partial charge in [-0.3, -0.25) is 4.79 Å². The van der Waals surface area contributed by atoms with Gasteiger partial charge in [0, 0.05) is 43.1 Å². The Bertz CT molecular complexity index is 1200. The van der Waals surface area contributed by atoms with Crippen LogP contribution >= 0.6 is 11.8 Å². The van der Waals surface area contributed by atoms with Crippen LogP contribution in [0.3, 0.4) is 0 Å². The van der Waals surface area contributed by atoms with Crippen molar-refractivity contribution in [2.24, 2.45) is 0 Å². The Hall–Kier alpha value is -2.36. The molecule has 0 bridgehead atoms. The topological polar surface area (TPSA) is 84.3 Å². The monoisotopic (exact) mass is 488 g/mol. The van der Waals surface area contributed by atoms with Gasteiger partial charge < -0.3 is 9.88 Å². The fourth-order valence-corrected chi connectivity index (χ4v) is 5.71. The van der Waals surface area contributed by atoms with Crippen molar-refractivity contribution in [2.45, 2.75) is 56.4 Å². The van der Waals surface area contributed by atoms with Crippen molar-refractivity contribution in [2.75, 3.05) is 24.7 Å². The Labute approximate surface area is 200 Å². The molecule has 0 aliphatic heterocycles. The van der Waals surface area contributed by atoms with Crippen molar-refractivity contribution in [1.29, 1.82) is 0 Å². The van der Waals surface area contributed by atoms with E-state index in [1.807, 2.05) is 50.4 Å². The summed E-state index contributed by atoms with van der Waals surface area (Å²) in [7, 11) is -3.56. The summed E-state index contributed by atoms with van der Waals surface area (Å²) in [5.74, 6) is 0.712. The summed E-state index contributed by atoms with van der Waals surface area (Å²) in [6, 6.07) is 12.9. The van der Waals surface area contributed by atoms with Crippen LogP contribution in [0.5, 0.6) is 0 Å². The summed E-state index contributed by atoms with van der Waals surface area (Å²) in [6.45, 7) is 7.33. The second kappa shape index (κ2) is 11.2. The number of aromatic nitrogens is 2. The van der Waals surface area contributed by atoms with Gasteiger partial charge in [0.15, 0.2) is 0 Å². The van der Waals surface area contributed by atoms with Crippen LogP contribution in [0.1, 0.15) is 39.4 Å². The van der Waals surface area contributed by atoms with Gasteiger partial charge in [0.2, 0.25) is 15.9 Å². The number of nitrogens with zero attached hydrogens (tertiary/aromatic N) is 3. The molecule has 1 heterocycles. The minimum Gasteiger partial charge on any atom is -0.328 e. The number of rotatable bonds is 11. The van der Waals surface area contributed by atoms with Gasteiger partial charge in [-0.25, -0.2) is 13.4 Å². The molecule has 0 unspecified atom stereocenters. The van der Waals surface area contributed by atoms with Crippen molar-refractivity contribution >= 4 is 44.4 Å². The lowest BCUT2D eigenvalue weighted by Crippen LogP contribution is -2.30. The van der Waals surface area contributed by atoms with E-state index in [1.54, 1.807) is 23.9 Å². The van der Waals surface area contributed by atoms with E-state index in [9.17, 15) is 13.2 Å². The second-order valence-corrected chi connectivity index (χ2v) is 10.5. The van der Waals surface area contributed by atoms with Crippen LogP contribution in [0.4, 0.5) is 5.69 Å². The number of imidazole rings is 1. The number of sulfonamides is 1. The molecule has 0 aliphatic carbocycles. The van der Waals surface area contributed by atoms with Crippen LogP contribution in [0.15, 0.2) is 52.3 Å². The highest BCUT2D eigenvalue weighted by Crippen LogP contribution is 2.24. The summed E-state index contributed by atoms with van der Waals surface area (Å²) in [5, 5.41) is 2.93. The number of nitrogens with one attached hydrogen (secondary N) is 1. The fourth-order valence-electron chi connectivity index (χ4n) is 3.82. The molecule has 1 N–H and O–H groups in total. The molecule has 1 aromatic heterocycles. The number of anilines is 1. The maximum atomic E-state index is 12.9. The van der Waals surface area contributed by atoms with E-state index >= 15 is 0 Å². The van der Waals surface area contributed by atoms with Crippen LogP contribution in [-0.2, 0) is 27.8 Å². The van der Waals surface area contributed by atoms with Gasteiger partial charge in [-0.1, -0.05) is 20.8 Å². The minimum absolute atomic E-state index is 0.0770. The number of hydrogen-bond acceptors (Lipinski definition) is 5. The van der Waals surface area contributed by atoms with E-state index in [1.165, 1.54) is 4.31 Å². The van der Waals surface area contributed by atoms with Crippen molar-refractivity contribution < 1.29 is 13.2 Å². The lowest BCUT2D eigenvalue weighted by atomic mass is 10.2. The molecule has 3 aromatic rings. The van der Waals surface area contributed by atoms with E-state index in [4.69, 9.17) is 4.98 Å². The third kappa shape index (κ3) is 5.77. The number of carbonyl (C=O) groups is 1. The summed E-state index contributed by atoms with van der Waals surface area (Å²) in [4.78, 5) is 18.6. The zero-order valence-corrected chi connectivity index (χ0v) is 21.3. The van der Waals surface area contributed by atoms with Crippen molar-refractivity contribution in [1.82, 2.24) is 13.9 Å². The molecule has 0 saturated heterocycles. The van der Waals surface area contributed by atoms with Crippen LogP contribution < -0.4 is 5.32 Å². The fraction of sp³-hybridized carbons (Fsp3) is 0.417. The first-order valence-electron chi connectivity index (χ1n) is 11.3. The molecule has 3 rings (SSSR count). The van der Waals surface area contributed by atoms with Crippen LogP contribution in [0.2, 0.25) is 0 Å². The highest BCUT2D eigenvalue weighted by Gasteiger charge is 2.23. The normalized spacial score (nSPS) is 11.9. The van der Waals surface area contributed by atoms with Gasteiger partial charge in [-0.15, -0.1) is 11.8 Å². The van der Waals surface area contributed by atoms with Crippen molar-refractivity contribution in [3.05, 3.63) is 48.3 Å². The van der Waals surface area contributed by atoms with E-state index in [0.29, 0.717) is 31.4 Å². The molecule has 0 radical (unpaired) electrons. The zero-order chi connectivity index (χ0) is 24.0. The minimum atomic E-state index is -3.56. The first-order chi connectivity index (χ1) is 15.8. The van der Waals surface area contributed by atoms with Gasteiger partial charge in [0.05, 0.1) is 15.9 Å². The SMILES string of the molecule is CCCn1c(CCC(=O)Nc2ccc(SC)cc2)nc2cc(S(=O)(=O)N(CC)CC)ccc21. The average Bonchev–Trinajstić information content (AvgIpc) is 3.16. The lowest BCUT2D eigenvalue weighted by molar-refractivity contribution is -0.116. The van der Waals surface area contributed by atoms with Gasteiger partial charge >= 0.3 is 0 Å². The van der Waals surface area contributed by atoms with E-state index in [0.717, 1.165) is 34.9 Å². The number of fused-ring (bicyclic) bond motifs is 1. The standard InChI is InChI=1S/C24H32N4O3S2/c1-5-16-28-22-13-12-20(33(30,31)27(6-2)7-3)17-21(22)26-23(28)14-15-24(29)25-18-8-10-19(32-4)11-9-18/h8-13,17H,5-7,14-16H2,1-4H3,(H,25,29). The maximum absolute atomic E-state index is 12.9. The lowest BCUT2D eigenvalue weighted by Gasteiger charge is -2.18. The molecule has 0 atom stereocenters. The molecule has 0 fully saturated rings. The Balaban J connectivity index is 1.81. The second-order valence-electron chi connectivity index (χ2n) is 7.70. The average molecular weight is 489 g/mol.